The van der Waals surface area contributed by atoms with Gasteiger partial charge in [-0.05, 0) is 31.2 Å². The van der Waals surface area contributed by atoms with E-state index >= 15 is 0 Å². The van der Waals surface area contributed by atoms with Crippen LogP contribution in [0.3, 0.4) is 0 Å². The quantitative estimate of drug-likeness (QED) is 0.648. The van der Waals surface area contributed by atoms with Gasteiger partial charge in [-0.25, -0.2) is 0 Å². The Morgan fingerprint density at radius 1 is 1.43 bits per heavy atom. The fourth-order valence-electron chi connectivity index (χ4n) is 2.25. The van der Waals surface area contributed by atoms with E-state index in [9.17, 15) is 14.9 Å². The Kier molecular flexibility index (Phi) is 4.32. The average molecular weight is 289 g/mol. The first-order chi connectivity index (χ1) is 10.0. The van der Waals surface area contributed by atoms with Crippen LogP contribution in [0.4, 0.5) is 11.4 Å². The molecular weight excluding hydrogens is 274 g/mol. The summed E-state index contributed by atoms with van der Waals surface area (Å²) < 4.78 is 0. The van der Waals surface area contributed by atoms with Crippen molar-refractivity contribution >= 4 is 28.2 Å². The maximum Gasteiger partial charge on any atom is 0.305 e. The first-order valence-electron chi connectivity index (χ1n) is 6.53. The van der Waals surface area contributed by atoms with Crippen molar-refractivity contribution in [3.63, 3.8) is 0 Å². The summed E-state index contributed by atoms with van der Waals surface area (Å²) >= 11 is 0. The number of nitrogens with zero attached hydrogens (tertiary/aromatic N) is 3. The Labute approximate surface area is 121 Å². The number of carboxylic acids is 1. The van der Waals surface area contributed by atoms with Gasteiger partial charge in [0.15, 0.2) is 0 Å². The van der Waals surface area contributed by atoms with Crippen LogP contribution in [-0.2, 0) is 4.79 Å². The highest BCUT2D eigenvalue weighted by Crippen LogP contribution is 2.35. The molecule has 1 aromatic heterocycles. The van der Waals surface area contributed by atoms with E-state index in [1.54, 1.807) is 35.4 Å². The third-order valence-corrected chi connectivity index (χ3v) is 3.24. The van der Waals surface area contributed by atoms with Crippen molar-refractivity contribution in [3.05, 3.63) is 40.6 Å². The highest BCUT2D eigenvalue weighted by molar-refractivity contribution is 5.94. The first-order valence-corrected chi connectivity index (χ1v) is 6.53. The molecule has 0 bridgehead atoms. The summed E-state index contributed by atoms with van der Waals surface area (Å²) in [6.07, 6.45) is 1.50. The number of carbonyl (C=O) groups is 1. The molecule has 0 aliphatic heterocycles. The summed E-state index contributed by atoms with van der Waals surface area (Å²) in [5.74, 6) is -0.932. The van der Waals surface area contributed by atoms with Gasteiger partial charge in [-0.1, -0.05) is 0 Å². The fourth-order valence-corrected chi connectivity index (χ4v) is 2.25. The van der Waals surface area contributed by atoms with Gasteiger partial charge in [0, 0.05) is 19.3 Å². The molecule has 0 fully saturated rings. The van der Waals surface area contributed by atoms with Crippen molar-refractivity contribution in [3.8, 4) is 0 Å². The van der Waals surface area contributed by atoms with Crippen LogP contribution in [0, 0.1) is 10.1 Å². The second-order valence-electron chi connectivity index (χ2n) is 4.48. The molecule has 0 unspecified atom stereocenters. The monoisotopic (exact) mass is 289 g/mol. The van der Waals surface area contributed by atoms with Crippen molar-refractivity contribution < 1.29 is 14.8 Å². The zero-order chi connectivity index (χ0) is 15.4. The lowest BCUT2D eigenvalue weighted by Crippen LogP contribution is -2.26. The van der Waals surface area contributed by atoms with Crippen LogP contribution < -0.4 is 4.90 Å². The van der Waals surface area contributed by atoms with Gasteiger partial charge in [0.2, 0.25) is 0 Å². The molecule has 2 rings (SSSR count). The number of fused-ring (bicyclic) bond motifs is 1. The SMILES string of the molecule is CCN(CCC(=O)O)c1ccc2ncccc2c1[N+](=O)[O-]. The maximum atomic E-state index is 11.4. The number of carboxylic acid groups (broad SMARTS) is 1. The van der Waals surface area contributed by atoms with Crippen molar-refractivity contribution in [1.29, 1.82) is 0 Å². The lowest BCUT2D eigenvalue weighted by atomic mass is 10.1. The topological polar surface area (TPSA) is 96.6 Å². The smallest absolute Gasteiger partial charge is 0.305 e. The summed E-state index contributed by atoms with van der Waals surface area (Å²) in [6, 6.07) is 6.63. The number of nitro groups is 1. The summed E-state index contributed by atoms with van der Waals surface area (Å²) in [5.41, 5.74) is 0.930. The van der Waals surface area contributed by atoms with Crippen molar-refractivity contribution in [2.75, 3.05) is 18.0 Å². The number of anilines is 1. The molecule has 0 amide bonds. The molecule has 1 heterocycles. The molecule has 0 aliphatic carbocycles. The van der Waals surface area contributed by atoms with Crippen LogP contribution in [0.25, 0.3) is 10.9 Å². The second kappa shape index (κ2) is 6.17. The van der Waals surface area contributed by atoms with Gasteiger partial charge in [-0.2, -0.15) is 0 Å². The number of hydrogen-bond acceptors (Lipinski definition) is 5. The molecule has 0 aliphatic rings. The Balaban J connectivity index is 2.53. The van der Waals surface area contributed by atoms with Gasteiger partial charge < -0.3 is 10.0 Å². The van der Waals surface area contributed by atoms with E-state index < -0.39 is 10.9 Å². The number of nitro benzene ring substituents is 1. The largest absolute Gasteiger partial charge is 0.481 e. The Hall–Kier alpha value is -2.70. The predicted molar refractivity (Wildman–Crippen MR) is 78.5 cm³/mol. The number of hydrogen-bond donors (Lipinski definition) is 1. The van der Waals surface area contributed by atoms with E-state index in [0.29, 0.717) is 23.1 Å². The maximum absolute atomic E-state index is 11.4. The summed E-state index contributed by atoms with van der Waals surface area (Å²) in [7, 11) is 0. The second-order valence-corrected chi connectivity index (χ2v) is 4.48. The third kappa shape index (κ3) is 3.07. The van der Waals surface area contributed by atoms with Crippen molar-refractivity contribution in [2.45, 2.75) is 13.3 Å². The Morgan fingerprint density at radius 3 is 2.81 bits per heavy atom. The van der Waals surface area contributed by atoms with Crippen LogP contribution in [0.1, 0.15) is 13.3 Å². The van der Waals surface area contributed by atoms with E-state index in [4.69, 9.17) is 5.11 Å². The zero-order valence-electron chi connectivity index (χ0n) is 11.5. The minimum atomic E-state index is -0.932. The van der Waals surface area contributed by atoms with Crippen LogP contribution in [0.15, 0.2) is 30.5 Å². The highest BCUT2D eigenvalue weighted by Gasteiger charge is 2.22. The van der Waals surface area contributed by atoms with Crippen molar-refractivity contribution in [2.24, 2.45) is 0 Å². The molecular formula is C14H15N3O4. The standard InChI is InChI=1S/C14H15N3O4/c1-2-16(9-7-13(18)19)12-6-5-11-10(4-3-8-15-11)14(12)17(20)21/h3-6,8H,2,7,9H2,1H3,(H,18,19). The molecule has 110 valence electrons. The average Bonchev–Trinajstić information content (AvgIpc) is 2.46. The molecule has 2 aromatic rings. The zero-order valence-corrected chi connectivity index (χ0v) is 11.5. The van der Waals surface area contributed by atoms with Gasteiger partial charge >= 0.3 is 11.7 Å². The van der Waals surface area contributed by atoms with Crippen molar-refractivity contribution in [1.82, 2.24) is 4.98 Å². The third-order valence-electron chi connectivity index (χ3n) is 3.24. The van der Waals surface area contributed by atoms with Gasteiger partial charge in [-0.15, -0.1) is 0 Å². The number of aromatic nitrogens is 1. The summed E-state index contributed by atoms with van der Waals surface area (Å²) in [6.45, 7) is 2.54. The molecule has 1 aromatic carbocycles. The molecule has 0 saturated carbocycles. The molecule has 0 spiro atoms. The minimum Gasteiger partial charge on any atom is -0.481 e. The van der Waals surface area contributed by atoms with E-state index in [-0.39, 0.29) is 18.7 Å². The minimum absolute atomic E-state index is 0.0344. The Morgan fingerprint density at radius 2 is 2.19 bits per heavy atom. The number of benzene rings is 1. The van der Waals surface area contributed by atoms with Gasteiger partial charge in [0.05, 0.1) is 22.2 Å². The lowest BCUT2D eigenvalue weighted by Gasteiger charge is -2.22. The first kappa shape index (κ1) is 14.7. The van der Waals surface area contributed by atoms with E-state index in [1.807, 2.05) is 6.92 Å². The van der Waals surface area contributed by atoms with Crippen LogP contribution >= 0.6 is 0 Å². The summed E-state index contributed by atoms with van der Waals surface area (Å²) in [4.78, 5) is 27.5. The predicted octanol–water partition coefficient (Wildman–Crippen LogP) is 2.44. The van der Waals surface area contributed by atoms with Gasteiger partial charge in [-0.3, -0.25) is 19.9 Å². The molecule has 0 atom stereocenters. The van der Waals surface area contributed by atoms with E-state index in [0.717, 1.165) is 0 Å². The fraction of sp³-hybridized carbons (Fsp3) is 0.286. The van der Waals surface area contributed by atoms with Crippen LogP contribution in [-0.4, -0.2) is 34.1 Å². The molecule has 0 saturated heterocycles. The summed E-state index contributed by atoms with van der Waals surface area (Å²) in [5, 5.41) is 20.7. The normalized spacial score (nSPS) is 10.5. The van der Waals surface area contributed by atoms with E-state index in [1.165, 1.54) is 0 Å². The molecule has 7 heteroatoms. The number of aliphatic carboxylic acids is 1. The van der Waals surface area contributed by atoms with Crippen LogP contribution in [0.2, 0.25) is 0 Å². The molecule has 21 heavy (non-hydrogen) atoms. The lowest BCUT2D eigenvalue weighted by molar-refractivity contribution is -0.382. The molecule has 1 N–H and O–H groups in total. The van der Waals surface area contributed by atoms with Gasteiger partial charge in [0.25, 0.3) is 0 Å². The van der Waals surface area contributed by atoms with E-state index in [2.05, 4.69) is 4.98 Å². The Bertz CT molecular complexity index is 687. The molecule has 0 radical (unpaired) electrons. The van der Waals surface area contributed by atoms with Gasteiger partial charge in [0.1, 0.15) is 5.69 Å². The van der Waals surface area contributed by atoms with Crippen LogP contribution in [0.5, 0.6) is 0 Å². The molecule has 7 nitrogen and oxygen atoms in total. The highest BCUT2D eigenvalue weighted by atomic mass is 16.6. The number of rotatable bonds is 6. The number of pyridine rings is 1.